The molecule has 1 atom stereocenters. The van der Waals surface area contributed by atoms with Gasteiger partial charge in [0.05, 0.1) is 0 Å². The lowest BCUT2D eigenvalue weighted by Crippen LogP contribution is -2.27. The van der Waals surface area contributed by atoms with Gasteiger partial charge in [-0.15, -0.1) is 0 Å². The van der Waals surface area contributed by atoms with Gasteiger partial charge in [-0.3, -0.25) is 4.90 Å². The molecule has 3 aromatic rings. The van der Waals surface area contributed by atoms with E-state index in [2.05, 4.69) is 92.5 Å². The molecule has 3 rings (SSSR count). The fourth-order valence-corrected chi connectivity index (χ4v) is 3.27. The van der Waals surface area contributed by atoms with Crippen LogP contribution in [0.5, 0.6) is 0 Å². The number of benzene rings is 3. The van der Waals surface area contributed by atoms with Gasteiger partial charge in [-0.05, 0) is 54.3 Å². The van der Waals surface area contributed by atoms with Gasteiger partial charge in [-0.2, -0.15) is 0 Å². The lowest BCUT2D eigenvalue weighted by Gasteiger charge is -2.24. The summed E-state index contributed by atoms with van der Waals surface area (Å²) < 4.78 is 0. The minimum Gasteiger partial charge on any atom is -0.299 e. The molecule has 0 saturated heterocycles. The number of rotatable bonds is 6. The van der Waals surface area contributed by atoms with Crippen LogP contribution in [-0.4, -0.2) is 18.0 Å². The molecule has 0 aliphatic rings. The summed E-state index contributed by atoms with van der Waals surface area (Å²) in [4.78, 5) is 2.44. The highest BCUT2D eigenvalue weighted by Gasteiger charge is 2.11. The van der Waals surface area contributed by atoms with E-state index in [1.54, 1.807) is 0 Å². The van der Waals surface area contributed by atoms with E-state index in [-0.39, 0.29) is 0 Å². The fraction of sp³-hybridized carbons (Fsp3) is 0.304. The van der Waals surface area contributed by atoms with Crippen LogP contribution in [0.2, 0.25) is 0 Å². The number of hydrogen-bond acceptors (Lipinski definition) is 1. The highest BCUT2D eigenvalue weighted by molar-refractivity contribution is 5.89. The van der Waals surface area contributed by atoms with Crippen molar-refractivity contribution in [1.82, 2.24) is 4.90 Å². The first-order valence-electron chi connectivity index (χ1n) is 8.92. The molecule has 0 aliphatic carbocycles. The molecule has 0 amide bonds. The van der Waals surface area contributed by atoms with Crippen LogP contribution in [0.3, 0.4) is 0 Å². The van der Waals surface area contributed by atoms with Crippen LogP contribution >= 0.6 is 0 Å². The van der Waals surface area contributed by atoms with Gasteiger partial charge in [0.1, 0.15) is 0 Å². The van der Waals surface area contributed by atoms with Crippen molar-refractivity contribution in [3.63, 3.8) is 0 Å². The molecular weight excluding hydrogens is 290 g/mol. The highest BCUT2D eigenvalue weighted by atomic mass is 15.1. The Labute approximate surface area is 145 Å². The van der Waals surface area contributed by atoms with Crippen molar-refractivity contribution in [2.24, 2.45) is 0 Å². The monoisotopic (exact) mass is 317 g/mol. The average molecular weight is 317 g/mol. The van der Waals surface area contributed by atoms with E-state index in [9.17, 15) is 0 Å². The maximum atomic E-state index is 2.44. The zero-order valence-corrected chi connectivity index (χ0v) is 15.0. The standard InChI is InChI=1S/C23H27N/c1-4-18(2)24(3)17-21-15-14-20(16-19-10-6-5-7-11-19)22-12-8-9-13-23(21)22/h5-15,18H,4,16-17H2,1-3H3. The summed E-state index contributed by atoms with van der Waals surface area (Å²) in [6, 6.07) is 24.8. The largest absolute Gasteiger partial charge is 0.299 e. The predicted molar refractivity (Wildman–Crippen MR) is 104 cm³/mol. The summed E-state index contributed by atoms with van der Waals surface area (Å²) in [5.41, 5.74) is 4.20. The summed E-state index contributed by atoms with van der Waals surface area (Å²) in [6.45, 7) is 5.55. The second kappa shape index (κ2) is 7.63. The Morgan fingerprint density at radius 1 is 0.792 bits per heavy atom. The molecule has 0 aliphatic heterocycles. The first-order chi connectivity index (χ1) is 11.7. The Balaban J connectivity index is 1.95. The van der Waals surface area contributed by atoms with Crippen LogP contribution < -0.4 is 0 Å². The third-order valence-corrected chi connectivity index (χ3v) is 5.11. The summed E-state index contributed by atoms with van der Waals surface area (Å²) in [5.74, 6) is 0. The van der Waals surface area contributed by atoms with Crippen molar-refractivity contribution in [2.45, 2.75) is 39.3 Å². The van der Waals surface area contributed by atoms with Gasteiger partial charge in [0.25, 0.3) is 0 Å². The first-order valence-corrected chi connectivity index (χ1v) is 8.92. The molecule has 0 radical (unpaired) electrons. The summed E-state index contributed by atoms with van der Waals surface area (Å²) in [7, 11) is 2.22. The van der Waals surface area contributed by atoms with Crippen molar-refractivity contribution in [3.05, 3.63) is 83.4 Å². The zero-order chi connectivity index (χ0) is 16.9. The number of hydrogen-bond donors (Lipinski definition) is 0. The summed E-state index contributed by atoms with van der Waals surface area (Å²) in [5, 5.41) is 2.78. The van der Waals surface area contributed by atoms with Gasteiger partial charge < -0.3 is 0 Å². The topological polar surface area (TPSA) is 3.24 Å². The molecule has 0 aromatic heterocycles. The Hall–Kier alpha value is -2.12. The second-order valence-electron chi connectivity index (χ2n) is 6.76. The van der Waals surface area contributed by atoms with Crippen LogP contribution in [0.15, 0.2) is 66.7 Å². The number of nitrogens with zero attached hydrogens (tertiary/aromatic N) is 1. The number of fused-ring (bicyclic) bond motifs is 1. The van der Waals surface area contributed by atoms with Gasteiger partial charge in [-0.25, -0.2) is 0 Å². The van der Waals surface area contributed by atoms with Crippen LogP contribution in [0, 0.1) is 0 Å². The van der Waals surface area contributed by atoms with Crippen molar-refractivity contribution in [2.75, 3.05) is 7.05 Å². The molecule has 0 heterocycles. The van der Waals surface area contributed by atoms with E-state index in [1.807, 2.05) is 0 Å². The lowest BCUT2D eigenvalue weighted by atomic mass is 9.95. The Morgan fingerprint density at radius 3 is 2.04 bits per heavy atom. The SMILES string of the molecule is CCC(C)N(C)Cc1ccc(Cc2ccccc2)c2ccccc12. The molecule has 1 heteroatoms. The first kappa shape index (κ1) is 16.7. The van der Waals surface area contributed by atoms with Gasteiger partial charge >= 0.3 is 0 Å². The van der Waals surface area contributed by atoms with Gasteiger partial charge in [0.2, 0.25) is 0 Å². The molecule has 124 valence electrons. The Bertz CT molecular complexity index is 791. The van der Waals surface area contributed by atoms with Gasteiger partial charge in [0, 0.05) is 12.6 Å². The van der Waals surface area contributed by atoms with E-state index in [0.29, 0.717) is 6.04 Å². The van der Waals surface area contributed by atoms with Crippen LogP contribution in [-0.2, 0) is 13.0 Å². The summed E-state index contributed by atoms with van der Waals surface area (Å²) in [6.07, 6.45) is 2.17. The maximum Gasteiger partial charge on any atom is 0.0239 e. The summed E-state index contributed by atoms with van der Waals surface area (Å²) >= 11 is 0. The quantitative estimate of drug-likeness (QED) is 0.567. The van der Waals surface area contributed by atoms with Crippen LogP contribution in [0.25, 0.3) is 10.8 Å². The minimum absolute atomic E-state index is 0.604. The molecular formula is C23H27N. The third kappa shape index (κ3) is 3.68. The van der Waals surface area contributed by atoms with E-state index in [4.69, 9.17) is 0 Å². The van der Waals surface area contributed by atoms with Crippen molar-refractivity contribution in [1.29, 1.82) is 0 Å². The Kier molecular flexibility index (Phi) is 5.32. The molecule has 1 unspecified atom stereocenters. The molecule has 0 N–H and O–H groups in total. The van der Waals surface area contributed by atoms with E-state index in [1.165, 1.54) is 33.9 Å². The van der Waals surface area contributed by atoms with E-state index in [0.717, 1.165) is 13.0 Å². The molecule has 1 nitrogen and oxygen atoms in total. The van der Waals surface area contributed by atoms with Gasteiger partial charge in [-0.1, -0.05) is 73.7 Å². The van der Waals surface area contributed by atoms with Gasteiger partial charge in [0.15, 0.2) is 0 Å². The molecule has 0 spiro atoms. The predicted octanol–water partition coefficient (Wildman–Crippen LogP) is 5.66. The maximum absolute atomic E-state index is 2.44. The normalized spacial score (nSPS) is 12.7. The molecule has 0 fully saturated rings. The fourth-order valence-electron chi connectivity index (χ4n) is 3.27. The van der Waals surface area contributed by atoms with E-state index >= 15 is 0 Å². The van der Waals surface area contributed by atoms with Crippen LogP contribution in [0.4, 0.5) is 0 Å². The second-order valence-corrected chi connectivity index (χ2v) is 6.76. The third-order valence-electron chi connectivity index (χ3n) is 5.11. The lowest BCUT2D eigenvalue weighted by molar-refractivity contribution is 0.244. The Morgan fingerprint density at radius 2 is 1.38 bits per heavy atom. The van der Waals surface area contributed by atoms with Crippen molar-refractivity contribution < 1.29 is 0 Å². The smallest absolute Gasteiger partial charge is 0.0239 e. The van der Waals surface area contributed by atoms with Crippen molar-refractivity contribution >= 4 is 10.8 Å². The molecule has 0 saturated carbocycles. The molecule has 24 heavy (non-hydrogen) atoms. The van der Waals surface area contributed by atoms with Crippen molar-refractivity contribution in [3.8, 4) is 0 Å². The average Bonchev–Trinajstić information content (AvgIpc) is 2.63. The zero-order valence-electron chi connectivity index (χ0n) is 15.0. The van der Waals surface area contributed by atoms with E-state index < -0.39 is 0 Å². The molecule has 0 bridgehead atoms. The van der Waals surface area contributed by atoms with Crippen LogP contribution in [0.1, 0.15) is 37.0 Å². The molecule has 3 aromatic carbocycles. The highest BCUT2D eigenvalue weighted by Crippen LogP contribution is 2.26. The minimum atomic E-state index is 0.604.